The summed E-state index contributed by atoms with van der Waals surface area (Å²) in [7, 11) is 0. The lowest BCUT2D eigenvalue weighted by Gasteiger charge is -2.41. The summed E-state index contributed by atoms with van der Waals surface area (Å²) < 4.78 is 0. The van der Waals surface area contributed by atoms with Crippen molar-refractivity contribution in [2.75, 3.05) is 5.73 Å². The van der Waals surface area contributed by atoms with Crippen molar-refractivity contribution >= 4 is 11.6 Å². The van der Waals surface area contributed by atoms with Crippen LogP contribution in [-0.2, 0) is 6.54 Å². The van der Waals surface area contributed by atoms with Crippen molar-refractivity contribution in [2.45, 2.75) is 51.6 Å². The van der Waals surface area contributed by atoms with Gasteiger partial charge in [0.1, 0.15) is 0 Å². The van der Waals surface area contributed by atoms with Crippen LogP contribution in [0.5, 0.6) is 0 Å². The smallest absolute Gasteiger partial charge is 0.255 e. The minimum atomic E-state index is 0.0258. The van der Waals surface area contributed by atoms with Gasteiger partial charge in [-0.1, -0.05) is 13.0 Å². The fourth-order valence-electron chi connectivity index (χ4n) is 5.27. The molecule has 1 aromatic carbocycles. The van der Waals surface area contributed by atoms with Gasteiger partial charge in [0, 0.05) is 28.9 Å². The molecule has 1 aliphatic heterocycles. The van der Waals surface area contributed by atoms with Crippen LogP contribution in [0.3, 0.4) is 0 Å². The molecule has 1 amide bonds. The Morgan fingerprint density at radius 3 is 2.86 bits per heavy atom. The van der Waals surface area contributed by atoms with Gasteiger partial charge in [0.25, 0.3) is 5.91 Å². The van der Waals surface area contributed by atoms with E-state index < -0.39 is 0 Å². The number of fused-ring (bicyclic) bond motifs is 3. The summed E-state index contributed by atoms with van der Waals surface area (Å²) in [5.41, 5.74) is 8.74. The number of benzene rings is 1. The quantitative estimate of drug-likeness (QED) is 0.803. The van der Waals surface area contributed by atoms with Crippen LogP contribution < -0.4 is 5.73 Å². The monoisotopic (exact) mass is 284 g/mol. The summed E-state index contributed by atoms with van der Waals surface area (Å²) in [6.07, 6.45) is 5.07. The van der Waals surface area contributed by atoms with E-state index in [2.05, 4.69) is 18.7 Å². The third kappa shape index (κ3) is 1.76. The molecule has 1 aromatic rings. The summed E-state index contributed by atoms with van der Waals surface area (Å²) in [6, 6.07) is 5.74. The van der Waals surface area contributed by atoms with Crippen molar-refractivity contribution in [1.29, 1.82) is 0 Å². The van der Waals surface area contributed by atoms with Crippen LogP contribution in [0.4, 0.5) is 5.69 Å². The molecular weight excluding hydrogens is 260 g/mol. The molecule has 2 aliphatic carbocycles. The van der Waals surface area contributed by atoms with E-state index in [-0.39, 0.29) is 11.4 Å². The molecule has 112 valence electrons. The highest BCUT2D eigenvalue weighted by Crippen LogP contribution is 2.54. The third-order valence-electron chi connectivity index (χ3n) is 6.24. The van der Waals surface area contributed by atoms with Gasteiger partial charge in [0.05, 0.1) is 0 Å². The first-order valence-corrected chi connectivity index (χ1v) is 8.18. The number of rotatable bonds is 1. The van der Waals surface area contributed by atoms with E-state index in [1.54, 1.807) is 0 Å². The van der Waals surface area contributed by atoms with E-state index in [4.69, 9.17) is 5.73 Å². The molecular formula is C18H24N2O. The van der Waals surface area contributed by atoms with Crippen LogP contribution in [-0.4, -0.2) is 16.3 Å². The molecule has 1 heterocycles. The summed E-state index contributed by atoms with van der Waals surface area (Å²) in [4.78, 5) is 15.0. The Kier molecular flexibility index (Phi) is 2.66. The second-order valence-electron chi connectivity index (χ2n) is 7.70. The first-order valence-electron chi connectivity index (χ1n) is 8.18. The van der Waals surface area contributed by atoms with Gasteiger partial charge in [-0.2, -0.15) is 0 Å². The fraction of sp³-hybridized carbons (Fsp3) is 0.611. The third-order valence-corrected chi connectivity index (χ3v) is 6.24. The second-order valence-corrected chi connectivity index (χ2v) is 7.70. The van der Waals surface area contributed by atoms with E-state index in [1.807, 2.05) is 18.2 Å². The molecule has 4 rings (SSSR count). The van der Waals surface area contributed by atoms with Gasteiger partial charge in [-0.25, -0.2) is 0 Å². The largest absolute Gasteiger partial charge is 0.398 e. The molecule has 3 heteroatoms. The molecule has 4 atom stereocenters. The summed E-state index contributed by atoms with van der Waals surface area (Å²) >= 11 is 0. The molecule has 3 aliphatic rings. The normalized spacial score (nSPS) is 37.9. The van der Waals surface area contributed by atoms with Gasteiger partial charge in [-0.3, -0.25) is 4.79 Å². The molecule has 0 aromatic heterocycles. The van der Waals surface area contributed by atoms with Crippen molar-refractivity contribution in [1.82, 2.24) is 4.90 Å². The van der Waals surface area contributed by atoms with Crippen LogP contribution in [0.15, 0.2) is 18.2 Å². The topological polar surface area (TPSA) is 46.3 Å². The van der Waals surface area contributed by atoms with Crippen molar-refractivity contribution in [3.63, 3.8) is 0 Å². The van der Waals surface area contributed by atoms with E-state index >= 15 is 0 Å². The Morgan fingerprint density at radius 2 is 2.10 bits per heavy atom. The van der Waals surface area contributed by atoms with Crippen LogP contribution in [0, 0.1) is 17.8 Å². The molecule has 0 radical (unpaired) electrons. The Labute approximate surface area is 126 Å². The number of nitrogen functional groups attached to an aromatic ring is 1. The SMILES string of the molecule is CC1CC2CC(C1)C(C)(N1Cc3c(N)cccc3C1=O)C2. The number of hydrogen-bond donors (Lipinski definition) is 1. The number of hydrogen-bond acceptors (Lipinski definition) is 2. The van der Waals surface area contributed by atoms with E-state index in [1.165, 1.54) is 25.7 Å². The molecule has 4 unspecified atom stereocenters. The maximum absolute atomic E-state index is 12.9. The zero-order valence-corrected chi connectivity index (χ0v) is 12.9. The van der Waals surface area contributed by atoms with Gasteiger partial charge in [0.2, 0.25) is 0 Å². The number of carbonyl (C=O) groups is 1. The number of anilines is 1. The van der Waals surface area contributed by atoms with Crippen LogP contribution in [0.25, 0.3) is 0 Å². The molecule has 2 fully saturated rings. The highest BCUT2D eigenvalue weighted by molar-refractivity contribution is 6.00. The highest BCUT2D eigenvalue weighted by atomic mass is 16.2. The maximum atomic E-state index is 12.9. The van der Waals surface area contributed by atoms with Crippen molar-refractivity contribution in [3.8, 4) is 0 Å². The van der Waals surface area contributed by atoms with Gasteiger partial charge >= 0.3 is 0 Å². The maximum Gasteiger partial charge on any atom is 0.255 e. The molecule has 3 nitrogen and oxygen atoms in total. The molecule has 0 spiro atoms. The average molecular weight is 284 g/mol. The standard InChI is InChI=1S/C18H24N2O/c1-11-6-12-8-13(7-11)18(2,9-12)20-10-15-14(17(20)21)4-3-5-16(15)19/h3-5,11-13H,6-10,19H2,1-2H3. The van der Waals surface area contributed by atoms with E-state index in [0.29, 0.717) is 12.5 Å². The second kappa shape index (κ2) is 4.25. The van der Waals surface area contributed by atoms with Crippen molar-refractivity contribution in [2.24, 2.45) is 17.8 Å². The average Bonchev–Trinajstić information content (AvgIpc) is 2.88. The van der Waals surface area contributed by atoms with Crippen LogP contribution in [0.1, 0.15) is 55.5 Å². The predicted octanol–water partition coefficient (Wildman–Crippen LogP) is 3.44. The minimum Gasteiger partial charge on any atom is -0.398 e. The molecule has 2 saturated carbocycles. The van der Waals surface area contributed by atoms with E-state index in [9.17, 15) is 4.79 Å². The zero-order valence-electron chi connectivity index (χ0n) is 12.9. The summed E-state index contributed by atoms with van der Waals surface area (Å²) in [6.45, 7) is 5.38. The zero-order chi connectivity index (χ0) is 14.8. The molecule has 0 saturated heterocycles. The lowest BCUT2D eigenvalue weighted by molar-refractivity contribution is 0.0398. The first-order chi connectivity index (χ1) is 9.99. The highest BCUT2D eigenvalue weighted by Gasteiger charge is 2.53. The number of amides is 1. The van der Waals surface area contributed by atoms with Gasteiger partial charge in [0.15, 0.2) is 0 Å². The first kappa shape index (κ1) is 13.2. The molecule has 21 heavy (non-hydrogen) atoms. The van der Waals surface area contributed by atoms with Crippen molar-refractivity contribution in [3.05, 3.63) is 29.3 Å². The Bertz CT molecular complexity index is 611. The Balaban J connectivity index is 1.70. The van der Waals surface area contributed by atoms with Gasteiger partial charge < -0.3 is 10.6 Å². The van der Waals surface area contributed by atoms with Gasteiger partial charge in [-0.15, -0.1) is 0 Å². The van der Waals surface area contributed by atoms with Crippen LogP contribution in [0.2, 0.25) is 0 Å². The molecule has 2 N–H and O–H groups in total. The van der Waals surface area contributed by atoms with E-state index in [0.717, 1.165) is 28.7 Å². The predicted molar refractivity (Wildman–Crippen MR) is 83.7 cm³/mol. The minimum absolute atomic E-state index is 0.0258. The number of nitrogens with two attached hydrogens (primary N) is 1. The summed E-state index contributed by atoms with van der Waals surface area (Å²) in [5.74, 6) is 2.46. The lowest BCUT2D eigenvalue weighted by atomic mass is 9.78. The van der Waals surface area contributed by atoms with Gasteiger partial charge in [-0.05, 0) is 62.5 Å². The van der Waals surface area contributed by atoms with Crippen molar-refractivity contribution < 1.29 is 4.79 Å². The summed E-state index contributed by atoms with van der Waals surface area (Å²) in [5, 5.41) is 0. The number of carbonyl (C=O) groups excluding carboxylic acids is 1. The number of nitrogens with zero attached hydrogens (tertiary/aromatic N) is 1. The Hall–Kier alpha value is -1.51. The lowest BCUT2D eigenvalue weighted by Crippen LogP contribution is -2.49. The van der Waals surface area contributed by atoms with Crippen LogP contribution >= 0.6 is 0 Å². The fourth-order valence-corrected chi connectivity index (χ4v) is 5.27. The molecule has 2 bridgehead atoms. The Morgan fingerprint density at radius 1 is 1.29 bits per heavy atom.